The van der Waals surface area contributed by atoms with E-state index >= 15 is 0 Å². The Morgan fingerprint density at radius 1 is 1.24 bits per heavy atom. The van der Waals surface area contributed by atoms with Crippen LogP contribution in [-0.4, -0.2) is 46.1 Å². The van der Waals surface area contributed by atoms with Crippen LogP contribution in [0.15, 0.2) is 9.59 Å². The number of nitrogens with one attached hydrogen (secondary N) is 1. The number of hydrogen-bond donors (Lipinski definition) is 1. The molecule has 0 atom stereocenters. The predicted molar refractivity (Wildman–Crippen MR) is 99.2 cm³/mol. The smallest absolute Gasteiger partial charge is 0.336 e. The first-order valence-electron chi connectivity index (χ1n) is 9.18. The molecule has 2 amide bonds. The van der Waals surface area contributed by atoms with Crippen molar-refractivity contribution in [2.45, 2.75) is 45.3 Å². The Balaban J connectivity index is 1.79. The SMILES string of the molecule is Cc1c(CN2CCNC2=O)sc2c1c(=O)n(C1CC1)c(=O)n2CCOC(F)(F)F. The van der Waals surface area contributed by atoms with Crippen LogP contribution in [0.1, 0.15) is 29.3 Å². The Bertz CT molecular complexity index is 1080. The minimum atomic E-state index is -4.80. The summed E-state index contributed by atoms with van der Waals surface area (Å²) in [6.45, 7) is 1.99. The maximum atomic E-state index is 13.0. The molecular formula is C17H19F3N4O4S. The van der Waals surface area contributed by atoms with E-state index in [-0.39, 0.29) is 25.2 Å². The molecule has 1 N–H and O–H groups in total. The highest BCUT2D eigenvalue weighted by atomic mass is 32.1. The number of halogens is 3. The lowest BCUT2D eigenvalue weighted by atomic mass is 10.2. The minimum Gasteiger partial charge on any atom is -0.336 e. The lowest BCUT2D eigenvalue weighted by Crippen LogP contribution is -2.40. The zero-order valence-electron chi connectivity index (χ0n) is 15.5. The fourth-order valence-electron chi connectivity index (χ4n) is 3.50. The molecule has 3 heterocycles. The van der Waals surface area contributed by atoms with E-state index in [1.807, 2.05) is 0 Å². The molecule has 29 heavy (non-hydrogen) atoms. The average molecular weight is 432 g/mol. The van der Waals surface area contributed by atoms with E-state index in [1.54, 1.807) is 11.8 Å². The van der Waals surface area contributed by atoms with Gasteiger partial charge < -0.3 is 10.2 Å². The van der Waals surface area contributed by atoms with Gasteiger partial charge in [0.15, 0.2) is 0 Å². The molecule has 0 bridgehead atoms. The molecule has 8 nitrogen and oxygen atoms in total. The van der Waals surface area contributed by atoms with Gasteiger partial charge in [-0.25, -0.2) is 9.59 Å². The Hall–Kier alpha value is -2.34. The zero-order chi connectivity index (χ0) is 20.9. The third-order valence-electron chi connectivity index (χ3n) is 5.11. The Labute approximate surface area is 166 Å². The van der Waals surface area contributed by atoms with Crippen molar-refractivity contribution in [1.29, 1.82) is 0 Å². The number of fused-ring (bicyclic) bond motifs is 1. The highest BCUT2D eigenvalue weighted by molar-refractivity contribution is 7.18. The van der Waals surface area contributed by atoms with Gasteiger partial charge in [0.05, 0.1) is 25.1 Å². The van der Waals surface area contributed by atoms with Crippen molar-refractivity contribution in [2.24, 2.45) is 0 Å². The van der Waals surface area contributed by atoms with Crippen LogP contribution >= 0.6 is 11.3 Å². The van der Waals surface area contributed by atoms with Gasteiger partial charge in [-0.2, -0.15) is 0 Å². The fourth-order valence-corrected chi connectivity index (χ4v) is 4.83. The van der Waals surface area contributed by atoms with Crippen LogP contribution in [0.3, 0.4) is 0 Å². The van der Waals surface area contributed by atoms with Crippen molar-refractivity contribution in [1.82, 2.24) is 19.4 Å². The monoisotopic (exact) mass is 432 g/mol. The summed E-state index contributed by atoms with van der Waals surface area (Å²) in [6.07, 6.45) is -3.43. The van der Waals surface area contributed by atoms with Crippen LogP contribution in [-0.2, 0) is 17.8 Å². The van der Waals surface area contributed by atoms with Crippen LogP contribution in [0.5, 0.6) is 0 Å². The lowest BCUT2D eigenvalue weighted by Gasteiger charge is -2.12. The molecule has 4 rings (SSSR count). The van der Waals surface area contributed by atoms with E-state index in [0.717, 1.165) is 20.8 Å². The summed E-state index contributed by atoms with van der Waals surface area (Å²) in [4.78, 5) is 40.4. The standard InChI is InChI=1S/C17H19F3N4O4S/c1-9-11(8-22-5-4-21-15(22)26)29-14-12(9)13(25)24(10-2-3-10)16(27)23(14)6-7-28-17(18,19)20/h10H,2-8H2,1H3,(H,21,26). The number of hydrogen-bond acceptors (Lipinski definition) is 5. The van der Waals surface area contributed by atoms with Crippen LogP contribution in [0.25, 0.3) is 10.2 Å². The Morgan fingerprint density at radius 3 is 2.55 bits per heavy atom. The van der Waals surface area contributed by atoms with Gasteiger partial charge in [0, 0.05) is 24.0 Å². The molecule has 1 aliphatic carbocycles. The van der Waals surface area contributed by atoms with E-state index < -0.39 is 24.2 Å². The van der Waals surface area contributed by atoms with E-state index in [9.17, 15) is 27.6 Å². The number of nitrogens with zero attached hydrogens (tertiary/aromatic N) is 3. The summed E-state index contributed by atoms with van der Waals surface area (Å²) in [5, 5.41) is 3.02. The first-order chi connectivity index (χ1) is 13.7. The third-order valence-corrected chi connectivity index (χ3v) is 6.41. The van der Waals surface area contributed by atoms with Crippen LogP contribution in [0.2, 0.25) is 0 Å². The maximum absolute atomic E-state index is 13.0. The Morgan fingerprint density at radius 2 is 1.97 bits per heavy atom. The van der Waals surface area contributed by atoms with Crippen molar-refractivity contribution in [2.75, 3.05) is 19.7 Å². The number of carbonyl (C=O) groups is 1. The van der Waals surface area contributed by atoms with Gasteiger partial charge in [0.25, 0.3) is 5.56 Å². The molecule has 2 aliphatic rings. The van der Waals surface area contributed by atoms with Crippen molar-refractivity contribution in [3.8, 4) is 0 Å². The maximum Gasteiger partial charge on any atom is 0.522 e. The highest BCUT2D eigenvalue weighted by Gasteiger charge is 2.32. The topological polar surface area (TPSA) is 85.6 Å². The number of ether oxygens (including phenoxy) is 1. The van der Waals surface area contributed by atoms with Gasteiger partial charge in [0.1, 0.15) is 4.83 Å². The summed E-state index contributed by atoms with van der Waals surface area (Å²) in [5.41, 5.74) is -0.400. The number of amides is 2. The molecule has 0 spiro atoms. The number of carbonyl (C=O) groups excluding carboxylic acids is 1. The summed E-state index contributed by atoms with van der Waals surface area (Å²) >= 11 is 1.16. The molecule has 0 unspecified atom stereocenters. The molecule has 0 aromatic carbocycles. The van der Waals surface area contributed by atoms with Crippen molar-refractivity contribution in [3.63, 3.8) is 0 Å². The molecule has 158 valence electrons. The van der Waals surface area contributed by atoms with Gasteiger partial charge >= 0.3 is 18.1 Å². The van der Waals surface area contributed by atoms with E-state index in [2.05, 4.69) is 10.1 Å². The second-order valence-electron chi connectivity index (χ2n) is 7.12. The fraction of sp³-hybridized carbons (Fsp3) is 0.588. The van der Waals surface area contributed by atoms with Crippen LogP contribution in [0, 0.1) is 6.92 Å². The molecular weight excluding hydrogens is 413 g/mol. The second kappa shape index (κ2) is 7.17. The van der Waals surface area contributed by atoms with E-state index in [0.29, 0.717) is 41.7 Å². The summed E-state index contributed by atoms with van der Waals surface area (Å²) in [5.74, 6) is 0. The molecule has 0 radical (unpaired) electrons. The van der Waals surface area contributed by atoms with Gasteiger partial charge in [-0.05, 0) is 25.3 Å². The number of aromatic nitrogens is 2. The van der Waals surface area contributed by atoms with Gasteiger partial charge in [-0.3, -0.25) is 18.7 Å². The number of aryl methyl sites for hydroxylation is 1. The zero-order valence-corrected chi connectivity index (χ0v) is 16.4. The predicted octanol–water partition coefficient (Wildman–Crippen LogP) is 1.93. The molecule has 1 saturated carbocycles. The van der Waals surface area contributed by atoms with E-state index in [1.165, 1.54) is 4.57 Å². The van der Waals surface area contributed by atoms with Crippen molar-refractivity contribution < 1.29 is 22.7 Å². The molecule has 1 aliphatic heterocycles. The average Bonchev–Trinajstić information content (AvgIpc) is 3.30. The number of urea groups is 1. The van der Waals surface area contributed by atoms with Crippen molar-refractivity contribution >= 4 is 27.6 Å². The Kier molecular flexibility index (Phi) is 4.93. The van der Waals surface area contributed by atoms with Gasteiger partial charge in [-0.1, -0.05) is 0 Å². The van der Waals surface area contributed by atoms with Crippen LogP contribution < -0.4 is 16.6 Å². The van der Waals surface area contributed by atoms with Crippen LogP contribution in [0.4, 0.5) is 18.0 Å². The number of thiophene rings is 1. The van der Waals surface area contributed by atoms with Gasteiger partial charge in [0.2, 0.25) is 0 Å². The van der Waals surface area contributed by atoms with Gasteiger partial charge in [-0.15, -0.1) is 24.5 Å². The highest BCUT2D eigenvalue weighted by Crippen LogP contribution is 2.34. The summed E-state index contributed by atoms with van der Waals surface area (Å²) in [7, 11) is 0. The molecule has 2 aromatic heterocycles. The lowest BCUT2D eigenvalue weighted by molar-refractivity contribution is -0.325. The largest absolute Gasteiger partial charge is 0.522 e. The quantitative estimate of drug-likeness (QED) is 0.756. The number of rotatable bonds is 6. The van der Waals surface area contributed by atoms with Crippen molar-refractivity contribution in [3.05, 3.63) is 31.3 Å². The molecule has 2 fully saturated rings. The second-order valence-corrected chi connectivity index (χ2v) is 8.20. The summed E-state index contributed by atoms with van der Waals surface area (Å²) in [6, 6.07) is -0.436. The first kappa shape index (κ1) is 20.0. The summed E-state index contributed by atoms with van der Waals surface area (Å²) < 4.78 is 43.3. The van der Waals surface area contributed by atoms with E-state index in [4.69, 9.17) is 0 Å². The first-order valence-corrected chi connectivity index (χ1v) is 10.00. The molecule has 12 heteroatoms. The minimum absolute atomic E-state index is 0.215. The molecule has 1 saturated heterocycles. The number of alkyl halides is 3. The normalized spacial score (nSPS) is 17.4. The third kappa shape index (κ3) is 3.78. The molecule has 2 aromatic rings.